The average molecular weight is 486 g/mol. The van der Waals surface area contributed by atoms with Crippen molar-refractivity contribution in [1.82, 2.24) is 5.32 Å². The first-order valence-corrected chi connectivity index (χ1v) is 12.1. The van der Waals surface area contributed by atoms with E-state index < -0.39 is 41.4 Å². The molecule has 0 spiro atoms. The first-order chi connectivity index (χ1) is 14.1. The fraction of sp³-hybridized carbons (Fsp3) is 1.00. The Morgan fingerprint density at radius 2 is 1.23 bits per heavy atom. The Hall–Kier alpha value is 0.630. The monoisotopic (exact) mass is 485 g/mol. The molecule has 4 atom stereocenters. The number of likely N-dealkylation sites (N-methyl/N-ethyl adjacent to an activating group) is 1. The van der Waals surface area contributed by atoms with Crippen LogP contribution >= 0.6 is 0 Å². The minimum atomic E-state index is -4.23. The molecule has 0 unspecified atom stereocenters. The first-order valence-electron chi connectivity index (χ1n) is 10.7. The molecule has 0 aliphatic rings. The fourth-order valence-electron chi connectivity index (χ4n) is 2.65. The molecule has 0 aromatic heterocycles. The average Bonchev–Trinajstić information content (AvgIpc) is 2.70. The number of aliphatic hydroxyl groups excluding tert-OH is 5. The molecule has 0 aromatic rings. The van der Waals surface area contributed by atoms with Gasteiger partial charge in [0.15, 0.2) is 0 Å². The van der Waals surface area contributed by atoms with Crippen molar-refractivity contribution in [3.05, 3.63) is 0 Å². The van der Waals surface area contributed by atoms with Crippen LogP contribution in [0.25, 0.3) is 0 Å². The van der Waals surface area contributed by atoms with Crippen molar-refractivity contribution >= 4 is 40.0 Å². The summed E-state index contributed by atoms with van der Waals surface area (Å²) in [5.41, 5.74) is 0. The van der Waals surface area contributed by atoms with E-state index in [1.54, 1.807) is 7.05 Å². The minimum absolute atomic E-state index is 0. The van der Waals surface area contributed by atoms with Crippen LogP contribution in [0, 0.1) is 0 Å². The molecule has 10 nitrogen and oxygen atoms in total. The molecule has 186 valence electrons. The Labute approximate surface area is 209 Å². The van der Waals surface area contributed by atoms with Crippen molar-refractivity contribution in [2.24, 2.45) is 0 Å². The zero-order valence-electron chi connectivity index (χ0n) is 18.3. The standard InChI is InChI=1S/C12H26O4S.C7H17NO5.Na.H/c1-2-3-4-5-6-7-8-9-10-11-12-16-17(13,14)15;1-8-2-4(10)6(12)7(13)5(11)3-9;;/h2-12H2,1H3,(H,13,14,15);4-13H,2-3H2,1H3;;/t;4-,5+,6+,7+;;/m.0../s1. The van der Waals surface area contributed by atoms with Gasteiger partial charge in [-0.05, 0) is 13.5 Å². The van der Waals surface area contributed by atoms with Crippen molar-refractivity contribution in [1.29, 1.82) is 0 Å². The van der Waals surface area contributed by atoms with Gasteiger partial charge in [0.2, 0.25) is 0 Å². The van der Waals surface area contributed by atoms with E-state index in [1.165, 1.54) is 44.9 Å². The Kier molecular flexibility index (Phi) is 27.8. The molecule has 0 saturated carbocycles. The molecular weight excluding hydrogens is 441 g/mol. The summed E-state index contributed by atoms with van der Waals surface area (Å²) in [5.74, 6) is 0. The summed E-state index contributed by atoms with van der Waals surface area (Å²) in [4.78, 5) is 0. The zero-order chi connectivity index (χ0) is 23.4. The van der Waals surface area contributed by atoms with E-state index in [1.807, 2.05) is 0 Å². The molecule has 0 saturated heterocycles. The van der Waals surface area contributed by atoms with E-state index in [4.69, 9.17) is 25.0 Å². The quantitative estimate of drug-likeness (QED) is 0.0776. The third-order valence-corrected chi connectivity index (χ3v) is 4.93. The third kappa shape index (κ3) is 25.1. The maximum atomic E-state index is 10.2. The number of hydrogen-bond donors (Lipinski definition) is 7. The number of aliphatic hydroxyl groups is 5. The van der Waals surface area contributed by atoms with E-state index in [-0.39, 0.29) is 42.7 Å². The van der Waals surface area contributed by atoms with Crippen molar-refractivity contribution in [2.45, 2.75) is 95.5 Å². The van der Waals surface area contributed by atoms with Gasteiger partial charge in [-0.25, -0.2) is 4.18 Å². The van der Waals surface area contributed by atoms with Gasteiger partial charge in [-0.1, -0.05) is 64.7 Å². The summed E-state index contributed by atoms with van der Waals surface area (Å²) in [6.45, 7) is 1.74. The second kappa shape index (κ2) is 23.8. The van der Waals surface area contributed by atoms with E-state index in [0.29, 0.717) is 6.42 Å². The van der Waals surface area contributed by atoms with E-state index >= 15 is 0 Å². The van der Waals surface area contributed by atoms with Gasteiger partial charge in [0.1, 0.15) is 18.3 Å². The third-order valence-electron chi connectivity index (χ3n) is 4.47. The summed E-state index contributed by atoms with van der Waals surface area (Å²) in [5, 5.41) is 47.5. The van der Waals surface area contributed by atoms with Gasteiger partial charge in [-0.15, -0.1) is 0 Å². The van der Waals surface area contributed by atoms with Crippen LogP contribution in [0.4, 0.5) is 0 Å². The van der Waals surface area contributed by atoms with E-state index in [9.17, 15) is 13.5 Å². The van der Waals surface area contributed by atoms with Crippen LogP contribution in [-0.4, -0.2) is 119 Å². The van der Waals surface area contributed by atoms with Crippen LogP contribution in [0.15, 0.2) is 0 Å². The Balaban J connectivity index is -0.000000507. The van der Waals surface area contributed by atoms with Crippen LogP contribution in [0.2, 0.25) is 0 Å². The normalized spacial score (nSPS) is 15.2. The van der Waals surface area contributed by atoms with Crippen LogP contribution in [0.1, 0.15) is 71.1 Å². The van der Waals surface area contributed by atoms with Crippen molar-refractivity contribution < 1.29 is 42.7 Å². The molecule has 7 N–H and O–H groups in total. The first kappa shape index (κ1) is 36.2. The second-order valence-electron chi connectivity index (χ2n) is 7.29. The molecule has 0 rings (SSSR count). The Morgan fingerprint density at radius 3 is 1.61 bits per heavy atom. The van der Waals surface area contributed by atoms with E-state index in [2.05, 4.69) is 16.4 Å². The predicted molar refractivity (Wildman–Crippen MR) is 122 cm³/mol. The predicted octanol–water partition coefficient (Wildman–Crippen LogP) is -0.280. The Morgan fingerprint density at radius 1 is 0.806 bits per heavy atom. The summed E-state index contributed by atoms with van der Waals surface area (Å²) in [6, 6.07) is 0. The molecule has 0 bridgehead atoms. The zero-order valence-corrected chi connectivity index (χ0v) is 19.1. The number of unbranched alkanes of at least 4 members (excludes halogenated alkanes) is 9. The molecule has 0 aliphatic heterocycles. The van der Waals surface area contributed by atoms with Crippen LogP contribution in [0.3, 0.4) is 0 Å². The summed E-state index contributed by atoms with van der Waals surface area (Å²) in [6.07, 6.45) is 6.20. The number of rotatable bonds is 18. The topological polar surface area (TPSA) is 177 Å². The number of hydrogen-bond acceptors (Lipinski definition) is 9. The van der Waals surface area contributed by atoms with Gasteiger partial charge >= 0.3 is 40.0 Å². The molecule has 31 heavy (non-hydrogen) atoms. The van der Waals surface area contributed by atoms with Crippen molar-refractivity contribution in [3.63, 3.8) is 0 Å². The molecular formula is C19H44NNaO9S. The Bertz CT molecular complexity index is 471. The van der Waals surface area contributed by atoms with Crippen molar-refractivity contribution in [3.8, 4) is 0 Å². The molecule has 12 heteroatoms. The molecule has 0 amide bonds. The molecule has 0 aliphatic carbocycles. The van der Waals surface area contributed by atoms with Crippen molar-refractivity contribution in [2.75, 3.05) is 26.8 Å². The molecule has 0 aromatic carbocycles. The maximum absolute atomic E-state index is 10.2. The molecule has 0 heterocycles. The molecule has 0 fully saturated rings. The SMILES string of the molecule is CCCCCCCCCCCCOS(=O)(=O)O.CNC[C@H](O)[C@@H](O)[C@H](O)[C@H](O)CO.[NaH]. The van der Waals surface area contributed by atoms with Gasteiger partial charge in [0, 0.05) is 6.54 Å². The molecule has 0 radical (unpaired) electrons. The number of nitrogens with one attached hydrogen (secondary N) is 1. The summed E-state index contributed by atoms with van der Waals surface area (Å²) >= 11 is 0. The summed E-state index contributed by atoms with van der Waals surface area (Å²) in [7, 11) is -2.66. The van der Waals surface area contributed by atoms with Gasteiger partial charge < -0.3 is 30.8 Å². The fourth-order valence-corrected chi connectivity index (χ4v) is 2.98. The van der Waals surface area contributed by atoms with Crippen LogP contribution < -0.4 is 5.32 Å². The van der Waals surface area contributed by atoms with E-state index in [0.717, 1.165) is 12.8 Å². The van der Waals surface area contributed by atoms with Crippen LogP contribution in [0.5, 0.6) is 0 Å². The van der Waals surface area contributed by atoms with Gasteiger partial charge in [-0.3, -0.25) is 4.55 Å². The van der Waals surface area contributed by atoms with Gasteiger partial charge in [0.25, 0.3) is 0 Å². The summed E-state index contributed by atoms with van der Waals surface area (Å²) < 4.78 is 33.0. The van der Waals surface area contributed by atoms with Gasteiger partial charge in [0.05, 0.1) is 19.3 Å². The van der Waals surface area contributed by atoms with Crippen LogP contribution in [-0.2, 0) is 14.6 Å². The second-order valence-corrected chi connectivity index (χ2v) is 8.38. The van der Waals surface area contributed by atoms with Gasteiger partial charge in [-0.2, -0.15) is 8.42 Å².